The topological polar surface area (TPSA) is 57.3 Å². The van der Waals surface area contributed by atoms with Crippen LogP contribution in [0.15, 0.2) is 18.5 Å². The van der Waals surface area contributed by atoms with Crippen molar-refractivity contribution in [1.29, 1.82) is 0 Å². The van der Waals surface area contributed by atoms with Crippen LogP contribution in [0.2, 0.25) is 0 Å². The quantitative estimate of drug-likeness (QED) is 0.812. The molecule has 1 fully saturated rings. The standard InChI is InChI=1S/C16H26N4O/c1-13-12-17-8-7-14(13)18-9-10-19-16(21)15-6-4-3-5-11-20(15)2/h7-8,12,15H,3-6,9-11H2,1-2H3,(H,17,18)(H,19,21). The van der Waals surface area contributed by atoms with Crippen LogP contribution in [0.5, 0.6) is 0 Å². The van der Waals surface area contributed by atoms with Crippen LogP contribution < -0.4 is 10.6 Å². The Bertz CT molecular complexity index is 463. The van der Waals surface area contributed by atoms with E-state index in [1.54, 1.807) is 6.20 Å². The molecule has 21 heavy (non-hydrogen) atoms. The summed E-state index contributed by atoms with van der Waals surface area (Å²) in [5, 5.41) is 6.37. The zero-order chi connectivity index (χ0) is 15.1. The fraction of sp³-hybridized carbons (Fsp3) is 0.625. The molecule has 1 aliphatic rings. The van der Waals surface area contributed by atoms with Gasteiger partial charge in [0.05, 0.1) is 6.04 Å². The molecule has 1 saturated heterocycles. The molecule has 0 radical (unpaired) electrons. The summed E-state index contributed by atoms with van der Waals surface area (Å²) in [6.07, 6.45) is 8.16. The third-order valence-electron chi connectivity index (χ3n) is 4.08. The minimum absolute atomic E-state index is 0.0372. The van der Waals surface area contributed by atoms with Gasteiger partial charge in [0, 0.05) is 31.2 Å². The zero-order valence-electron chi connectivity index (χ0n) is 13.1. The molecule has 1 aromatic rings. The van der Waals surface area contributed by atoms with E-state index in [2.05, 4.69) is 20.5 Å². The Kier molecular flexibility index (Phi) is 5.99. The van der Waals surface area contributed by atoms with E-state index in [4.69, 9.17) is 0 Å². The second-order valence-corrected chi connectivity index (χ2v) is 5.75. The van der Waals surface area contributed by atoms with Gasteiger partial charge >= 0.3 is 0 Å². The number of aromatic nitrogens is 1. The highest BCUT2D eigenvalue weighted by Crippen LogP contribution is 2.15. The fourth-order valence-electron chi connectivity index (χ4n) is 2.76. The van der Waals surface area contributed by atoms with Crippen molar-refractivity contribution >= 4 is 11.6 Å². The molecule has 1 atom stereocenters. The third-order valence-corrected chi connectivity index (χ3v) is 4.08. The lowest BCUT2D eigenvalue weighted by Crippen LogP contribution is -2.45. The number of anilines is 1. The van der Waals surface area contributed by atoms with Crippen molar-refractivity contribution in [2.45, 2.75) is 38.6 Å². The second-order valence-electron chi connectivity index (χ2n) is 5.75. The summed E-state index contributed by atoms with van der Waals surface area (Å²) in [4.78, 5) is 18.5. The molecule has 2 rings (SSSR count). The highest BCUT2D eigenvalue weighted by Gasteiger charge is 2.23. The van der Waals surface area contributed by atoms with Crippen molar-refractivity contribution in [1.82, 2.24) is 15.2 Å². The van der Waals surface area contributed by atoms with Crippen LogP contribution in [-0.2, 0) is 4.79 Å². The van der Waals surface area contributed by atoms with E-state index in [1.165, 1.54) is 12.8 Å². The molecule has 0 spiro atoms. The maximum atomic E-state index is 12.2. The first-order chi connectivity index (χ1) is 10.2. The minimum Gasteiger partial charge on any atom is -0.383 e. The number of likely N-dealkylation sites (tertiary alicyclic amines) is 1. The lowest BCUT2D eigenvalue weighted by molar-refractivity contribution is -0.125. The summed E-state index contributed by atoms with van der Waals surface area (Å²) in [5.41, 5.74) is 2.19. The van der Waals surface area contributed by atoms with Crippen LogP contribution in [0.1, 0.15) is 31.2 Å². The molecule has 2 N–H and O–H groups in total. The highest BCUT2D eigenvalue weighted by molar-refractivity contribution is 5.81. The minimum atomic E-state index is 0.0372. The zero-order valence-corrected chi connectivity index (χ0v) is 13.1. The van der Waals surface area contributed by atoms with Gasteiger partial charge < -0.3 is 10.6 Å². The van der Waals surface area contributed by atoms with E-state index >= 15 is 0 Å². The van der Waals surface area contributed by atoms with Gasteiger partial charge in [-0.1, -0.05) is 12.8 Å². The monoisotopic (exact) mass is 290 g/mol. The molecular weight excluding hydrogens is 264 g/mol. The number of hydrogen-bond donors (Lipinski definition) is 2. The fourth-order valence-corrected chi connectivity index (χ4v) is 2.76. The Labute approximate surface area is 127 Å². The van der Waals surface area contributed by atoms with Gasteiger partial charge in [0.1, 0.15) is 0 Å². The van der Waals surface area contributed by atoms with Gasteiger partial charge in [-0.05, 0) is 45.0 Å². The van der Waals surface area contributed by atoms with Gasteiger partial charge in [-0.25, -0.2) is 0 Å². The first-order valence-corrected chi connectivity index (χ1v) is 7.81. The van der Waals surface area contributed by atoms with E-state index in [0.717, 1.165) is 37.2 Å². The Morgan fingerprint density at radius 2 is 2.24 bits per heavy atom. The Morgan fingerprint density at radius 1 is 1.38 bits per heavy atom. The predicted octanol–water partition coefficient (Wildman–Crippen LogP) is 1.79. The van der Waals surface area contributed by atoms with E-state index in [1.807, 2.05) is 26.2 Å². The summed E-state index contributed by atoms with van der Waals surface area (Å²) in [6, 6.07) is 1.99. The van der Waals surface area contributed by atoms with E-state index in [9.17, 15) is 4.79 Å². The molecule has 0 aliphatic carbocycles. The number of pyridine rings is 1. The molecule has 1 unspecified atom stereocenters. The average Bonchev–Trinajstić information content (AvgIpc) is 2.69. The van der Waals surface area contributed by atoms with Crippen LogP contribution in [0.4, 0.5) is 5.69 Å². The summed E-state index contributed by atoms with van der Waals surface area (Å²) in [7, 11) is 2.05. The lowest BCUT2D eigenvalue weighted by Gasteiger charge is -2.24. The van der Waals surface area contributed by atoms with Crippen LogP contribution >= 0.6 is 0 Å². The van der Waals surface area contributed by atoms with Crippen LogP contribution in [-0.4, -0.2) is 48.5 Å². The van der Waals surface area contributed by atoms with Crippen LogP contribution in [0.3, 0.4) is 0 Å². The number of rotatable bonds is 5. The number of amides is 1. The maximum absolute atomic E-state index is 12.2. The first-order valence-electron chi connectivity index (χ1n) is 7.81. The number of carbonyl (C=O) groups excluding carboxylic acids is 1. The van der Waals surface area contributed by atoms with Gasteiger partial charge in [0.15, 0.2) is 0 Å². The number of aryl methyl sites for hydroxylation is 1. The second kappa shape index (κ2) is 7.98. The summed E-state index contributed by atoms with van der Waals surface area (Å²) in [5.74, 6) is 0.160. The van der Waals surface area contributed by atoms with Gasteiger partial charge in [-0.2, -0.15) is 0 Å². The number of likely N-dealkylation sites (N-methyl/N-ethyl adjacent to an activating group) is 1. The van der Waals surface area contributed by atoms with E-state index in [-0.39, 0.29) is 11.9 Å². The van der Waals surface area contributed by atoms with Crippen LogP contribution in [0.25, 0.3) is 0 Å². The molecule has 5 nitrogen and oxygen atoms in total. The summed E-state index contributed by atoms with van der Waals surface area (Å²) >= 11 is 0. The van der Waals surface area contributed by atoms with Crippen molar-refractivity contribution < 1.29 is 4.79 Å². The number of hydrogen-bond acceptors (Lipinski definition) is 4. The van der Waals surface area contributed by atoms with Crippen molar-refractivity contribution in [3.05, 3.63) is 24.0 Å². The molecule has 2 heterocycles. The van der Waals surface area contributed by atoms with Crippen LogP contribution in [0, 0.1) is 6.92 Å². The molecule has 0 aromatic carbocycles. The van der Waals surface area contributed by atoms with Crippen molar-refractivity contribution in [3.63, 3.8) is 0 Å². The molecule has 0 bridgehead atoms. The molecule has 1 aliphatic heterocycles. The average molecular weight is 290 g/mol. The molecule has 1 aromatic heterocycles. The molecule has 1 amide bonds. The van der Waals surface area contributed by atoms with E-state index < -0.39 is 0 Å². The molecular formula is C16H26N4O. The lowest BCUT2D eigenvalue weighted by atomic mass is 10.1. The van der Waals surface area contributed by atoms with Crippen molar-refractivity contribution in [2.75, 3.05) is 32.0 Å². The Morgan fingerprint density at radius 3 is 3.05 bits per heavy atom. The van der Waals surface area contributed by atoms with Gasteiger partial charge in [-0.15, -0.1) is 0 Å². The highest BCUT2D eigenvalue weighted by atomic mass is 16.2. The third kappa shape index (κ3) is 4.70. The largest absolute Gasteiger partial charge is 0.383 e. The van der Waals surface area contributed by atoms with Gasteiger partial charge in [0.2, 0.25) is 5.91 Å². The maximum Gasteiger partial charge on any atom is 0.237 e. The molecule has 5 heteroatoms. The molecule has 0 saturated carbocycles. The Hall–Kier alpha value is -1.62. The predicted molar refractivity (Wildman–Crippen MR) is 85.4 cm³/mol. The van der Waals surface area contributed by atoms with Crippen molar-refractivity contribution in [3.8, 4) is 0 Å². The SMILES string of the molecule is Cc1cnccc1NCCNC(=O)C1CCCCCN1C. The Balaban J connectivity index is 1.72. The summed E-state index contributed by atoms with van der Waals surface area (Å²) < 4.78 is 0. The number of nitrogens with one attached hydrogen (secondary N) is 2. The first kappa shape index (κ1) is 15.8. The van der Waals surface area contributed by atoms with Crippen molar-refractivity contribution in [2.24, 2.45) is 0 Å². The number of nitrogens with zero attached hydrogens (tertiary/aromatic N) is 2. The van der Waals surface area contributed by atoms with Gasteiger partial charge in [-0.3, -0.25) is 14.7 Å². The van der Waals surface area contributed by atoms with Gasteiger partial charge in [0.25, 0.3) is 0 Å². The van der Waals surface area contributed by atoms with E-state index in [0.29, 0.717) is 6.54 Å². The normalized spacial score (nSPS) is 19.8. The summed E-state index contributed by atoms with van der Waals surface area (Å²) in [6.45, 7) is 4.42. The number of carbonyl (C=O) groups is 1. The smallest absolute Gasteiger partial charge is 0.237 e. The molecule has 116 valence electrons.